The fraction of sp³-hybridized carbons (Fsp3) is 0.130. The Morgan fingerprint density at radius 1 is 0.767 bits per heavy atom. The van der Waals surface area contributed by atoms with Crippen molar-refractivity contribution in [3.8, 4) is 23.0 Å². The Labute approximate surface area is 181 Å². The predicted octanol–water partition coefficient (Wildman–Crippen LogP) is 5.91. The summed E-state index contributed by atoms with van der Waals surface area (Å²) in [7, 11) is 3.22. The van der Waals surface area contributed by atoms with Crippen LogP contribution in [0.1, 0.15) is 5.82 Å². The van der Waals surface area contributed by atoms with Crippen LogP contribution in [-0.4, -0.2) is 24.2 Å². The van der Waals surface area contributed by atoms with E-state index in [1.54, 1.807) is 14.2 Å². The van der Waals surface area contributed by atoms with Crippen LogP contribution in [0, 0.1) is 6.92 Å². The number of aromatic nitrogens is 2. The molecule has 7 heteroatoms. The molecule has 6 nitrogen and oxygen atoms in total. The van der Waals surface area contributed by atoms with Gasteiger partial charge in [0.15, 0.2) is 11.5 Å². The minimum atomic E-state index is 0. The lowest BCUT2D eigenvalue weighted by molar-refractivity contribution is 0.356. The summed E-state index contributed by atoms with van der Waals surface area (Å²) in [4.78, 5) is 9.08. The molecule has 154 valence electrons. The highest BCUT2D eigenvalue weighted by Crippen LogP contribution is 2.35. The van der Waals surface area contributed by atoms with Gasteiger partial charge in [-0.1, -0.05) is 18.2 Å². The number of hydrogen-bond acceptors (Lipinski definition) is 6. The molecule has 0 unspecified atom stereocenters. The Morgan fingerprint density at radius 3 is 2.07 bits per heavy atom. The van der Waals surface area contributed by atoms with Crippen LogP contribution in [0.4, 0.5) is 11.5 Å². The molecule has 0 saturated carbocycles. The van der Waals surface area contributed by atoms with Gasteiger partial charge in [-0.15, -0.1) is 12.4 Å². The maximum Gasteiger partial charge on any atom is 0.162 e. The molecule has 0 fully saturated rings. The van der Waals surface area contributed by atoms with Crippen molar-refractivity contribution in [3.05, 3.63) is 72.6 Å². The Morgan fingerprint density at radius 2 is 1.40 bits per heavy atom. The van der Waals surface area contributed by atoms with Gasteiger partial charge in [-0.2, -0.15) is 0 Å². The molecule has 4 aromatic rings. The maximum atomic E-state index is 5.84. The van der Waals surface area contributed by atoms with E-state index in [4.69, 9.17) is 14.2 Å². The summed E-state index contributed by atoms with van der Waals surface area (Å²) in [6.45, 7) is 1.86. The molecule has 0 aliphatic carbocycles. The second kappa shape index (κ2) is 9.33. The summed E-state index contributed by atoms with van der Waals surface area (Å²) in [5.41, 5.74) is 1.67. The standard InChI is InChI=1S/C23H21N3O3.ClH/c1-15-24-20-14-22(28-3)21(27-2)13-19(20)23(25-15)26-16-9-11-18(12-10-16)29-17-7-5-4-6-8-17;/h4-14H,1-3H3,(H,24,25,26);1H. The first-order valence-electron chi connectivity index (χ1n) is 9.16. The number of rotatable bonds is 6. The number of anilines is 2. The number of halogens is 1. The molecule has 0 aliphatic heterocycles. The monoisotopic (exact) mass is 423 g/mol. The third-order valence-electron chi connectivity index (χ3n) is 4.41. The molecular weight excluding hydrogens is 402 g/mol. The van der Waals surface area contributed by atoms with Gasteiger partial charge >= 0.3 is 0 Å². The van der Waals surface area contributed by atoms with Gasteiger partial charge in [0.2, 0.25) is 0 Å². The fourth-order valence-corrected chi connectivity index (χ4v) is 3.03. The topological polar surface area (TPSA) is 65.5 Å². The van der Waals surface area contributed by atoms with Crippen molar-refractivity contribution in [1.82, 2.24) is 9.97 Å². The van der Waals surface area contributed by atoms with E-state index in [9.17, 15) is 0 Å². The normalized spacial score (nSPS) is 10.2. The molecule has 0 spiro atoms. The zero-order valence-corrected chi connectivity index (χ0v) is 17.7. The smallest absolute Gasteiger partial charge is 0.162 e. The van der Waals surface area contributed by atoms with Crippen LogP contribution in [0.3, 0.4) is 0 Å². The van der Waals surface area contributed by atoms with E-state index in [0.29, 0.717) is 23.1 Å². The summed E-state index contributed by atoms with van der Waals surface area (Å²) < 4.78 is 16.7. The molecule has 0 saturated heterocycles. The Hall–Kier alpha value is -3.51. The minimum Gasteiger partial charge on any atom is -0.493 e. The summed E-state index contributed by atoms with van der Waals surface area (Å²) >= 11 is 0. The van der Waals surface area contributed by atoms with Crippen LogP contribution in [0.5, 0.6) is 23.0 Å². The number of ether oxygens (including phenoxy) is 3. The van der Waals surface area contributed by atoms with Gasteiger partial charge in [-0.05, 0) is 49.4 Å². The van der Waals surface area contributed by atoms with Gasteiger partial charge in [0.05, 0.1) is 19.7 Å². The minimum absolute atomic E-state index is 0. The highest BCUT2D eigenvalue weighted by atomic mass is 35.5. The van der Waals surface area contributed by atoms with Crippen LogP contribution in [0.25, 0.3) is 10.9 Å². The lowest BCUT2D eigenvalue weighted by Gasteiger charge is -2.13. The van der Waals surface area contributed by atoms with E-state index in [2.05, 4.69) is 15.3 Å². The highest BCUT2D eigenvalue weighted by molar-refractivity contribution is 5.93. The number of para-hydroxylation sites is 1. The van der Waals surface area contributed by atoms with Crippen molar-refractivity contribution in [2.75, 3.05) is 19.5 Å². The predicted molar refractivity (Wildman–Crippen MR) is 121 cm³/mol. The molecule has 1 N–H and O–H groups in total. The number of fused-ring (bicyclic) bond motifs is 1. The fourth-order valence-electron chi connectivity index (χ4n) is 3.03. The first-order valence-corrected chi connectivity index (χ1v) is 9.16. The van der Waals surface area contributed by atoms with E-state index in [-0.39, 0.29) is 12.4 Å². The lowest BCUT2D eigenvalue weighted by atomic mass is 10.2. The summed E-state index contributed by atoms with van der Waals surface area (Å²) in [5.74, 6) is 4.18. The van der Waals surface area contributed by atoms with E-state index in [1.807, 2.05) is 73.7 Å². The molecule has 0 atom stereocenters. The first kappa shape index (κ1) is 21.2. The van der Waals surface area contributed by atoms with Crippen LogP contribution in [0.2, 0.25) is 0 Å². The molecule has 0 radical (unpaired) electrons. The second-order valence-electron chi connectivity index (χ2n) is 6.41. The summed E-state index contributed by atoms with van der Waals surface area (Å²) in [5, 5.41) is 4.21. The molecular formula is C23H22ClN3O3. The van der Waals surface area contributed by atoms with Crippen molar-refractivity contribution in [3.63, 3.8) is 0 Å². The number of benzene rings is 3. The zero-order valence-electron chi connectivity index (χ0n) is 16.9. The van der Waals surface area contributed by atoms with Gasteiger partial charge in [-0.25, -0.2) is 9.97 Å². The van der Waals surface area contributed by atoms with Crippen LogP contribution < -0.4 is 19.5 Å². The largest absolute Gasteiger partial charge is 0.493 e. The average molecular weight is 424 g/mol. The van der Waals surface area contributed by atoms with Crippen LogP contribution in [0.15, 0.2) is 66.7 Å². The average Bonchev–Trinajstić information content (AvgIpc) is 2.75. The summed E-state index contributed by atoms with van der Waals surface area (Å²) in [6, 6.07) is 21.1. The van der Waals surface area contributed by atoms with E-state index in [0.717, 1.165) is 28.1 Å². The Balaban J connectivity index is 0.00000256. The van der Waals surface area contributed by atoms with Gasteiger partial charge < -0.3 is 19.5 Å². The molecule has 30 heavy (non-hydrogen) atoms. The SMILES string of the molecule is COc1cc2nc(C)nc(Nc3ccc(Oc4ccccc4)cc3)c2cc1OC.Cl. The molecule has 1 aromatic heterocycles. The van der Waals surface area contributed by atoms with E-state index in [1.165, 1.54) is 0 Å². The van der Waals surface area contributed by atoms with Crippen molar-refractivity contribution in [1.29, 1.82) is 0 Å². The second-order valence-corrected chi connectivity index (χ2v) is 6.41. The van der Waals surface area contributed by atoms with Gasteiger partial charge in [-0.3, -0.25) is 0 Å². The van der Waals surface area contributed by atoms with Crippen molar-refractivity contribution in [2.45, 2.75) is 6.92 Å². The molecule has 0 bridgehead atoms. The molecule has 1 heterocycles. The van der Waals surface area contributed by atoms with Crippen molar-refractivity contribution < 1.29 is 14.2 Å². The molecule has 0 aliphatic rings. The number of nitrogens with zero attached hydrogens (tertiary/aromatic N) is 2. The van der Waals surface area contributed by atoms with Gasteiger partial charge in [0.1, 0.15) is 23.1 Å². The molecule has 4 rings (SSSR count). The summed E-state index contributed by atoms with van der Waals surface area (Å²) in [6.07, 6.45) is 0. The third-order valence-corrected chi connectivity index (χ3v) is 4.41. The lowest BCUT2D eigenvalue weighted by Crippen LogP contribution is -2.00. The van der Waals surface area contributed by atoms with Gasteiger partial charge in [0.25, 0.3) is 0 Å². The molecule has 0 amide bonds. The molecule has 3 aromatic carbocycles. The van der Waals surface area contributed by atoms with Crippen molar-refractivity contribution >= 4 is 34.8 Å². The number of methoxy groups -OCH3 is 2. The first-order chi connectivity index (χ1) is 14.2. The van der Waals surface area contributed by atoms with E-state index >= 15 is 0 Å². The van der Waals surface area contributed by atoms with Gasteiger partial charge in [0, 0.05) is 17.1 Å². The van der Waals surface area contributed by atoms with Crippen molar-refractivity contribution in [2.24, 2.45) is 0 Å². The highest BCUT2D eigenvalue weighted by Gasteiger charge is 2.12. The maximum absolute atomic E-state index is 5.84. The number of nitrogens with one attached hydrogen (secondary N) is 1. The zero-order chi connectivity index (χ0) is 20.2. The number of hydrogen-bond donors (Lipinski definition) is 1. The van der Waals surface area contributed by atoms with E-state index < -0.39 is 0 Å². The Bertz CT molecular complexity index is 1140. The quantitative estimate of drug-likeness (QED) is 0.415. The Kier molecular flexibility index (Phi) is 6.59. The van der Waals surface area contributed by atoms with Crippen LogP contribution in [-0.2, 0) is 0 Å². The number of aryl methyl sites for hydroxylation is 1. The van der Waals surface area contributed by atoms with Crippen LogP contribution >= 0.6 is 12.4 Å². The third kappa shape index (κ3) is 4.55.